The van der Waals surface area contributed by atoms with E-state index in [-0.39, 0.29) is 5.75 Å². The fourth-order valence-corrected chi connectivity index (χ4v) is 1.83. The fraction of sp³-hybridized carbons (Fsp3) is 0.267. The van der Waals surface area contributed by atoms with E-state index in [1.54, 1.807) is 14.0 Å². The molecule has 0 atom stereocenters. The van der Waals surface area contributed by atoms with E-state index in [1.807, 2.05) is 24.3 Å². The molecule has 2 N–H and O–H groups in total. The van der Waals surface area contributed by atoms with Gasteiger partial charge < -0.3 is 28.9 Å². The zero-order valence-corrected chi connectivity index (χ0v) is 12.9. The molecule has 0 unspecified atom stereocenters. The Labute approximate surface area is 134 Å². The van der Waals surface area contributed by atoms with E-state index in [2.05, 4.69) is 4.98 Å². The lowest BCUT2D eigenvalue weighted by molar-refractivity contribution is 0.263. The Balaban J connectivity index is 2.05. The van der Waals surface area contributed by atoms with Crippen LogP contribution in [0.5, 0.6) is 23.1 Å². The van der Waals surface area contributed by atoms with Crippen LogP contribution >= 0.6 is 0 Å². The minimum atomic E-state index is -1.94. The average molecular weight is 319 g/mol. The van der Waals surface area contributed by atoms with E-state index >= 15 is 0 Å². The first kappa shape index (κ1) is 16.9. The first-order valence-electron chi connectivity index (χ1n) is 7.03. The zero-order valence-electron chi connectivity index (χ0n) is 12.9. The molecular formula is C15H18BNO6. The summed E-state index contributed by atoms with van der Waals surface area (Å²) in [6, 6.07) is 9.00. The third-order valence-corrected chi connectivity index (χ3v) is 2.88. The molecule has 0 bridgehead atoms. The summed E-state index contributed by atoms with van der Waals surface area (Å²) >= 11 is 0. The predicted octanol–water partition coefficient (Wildman–Crippen LogP) is 1.42. The highest BCUT2D eigenvalue weighted by molar-refractivity contribution is 6.33. The molecule has 1 aromatic carbocycles. The lowest BCUT2D eigenvalue weighted by atomic mass is 10.2. The van der Waals surface area contributed by atoms with Crippen LogP contribution in [0.2, 0.25) is 0 Å². The first-order valence-corrected chi connectivity index (χ1v) is 7.03. The molecule has 0 aliphatic carbocycles. The van der Waals surface area contributed by atoms with Gasteiger partial charge in [-0.25, -0.2) is 4.98 Å². The number of benzene rings is 1. The van der Waals surface area contributed by atoms with Crippen LogP contribution in [0, 0.1) is 0 Å². The van der Waals surface area contributed by atoms with Crippen molar-refractivity contribution in [2.24, 2.45) is 0 Å². The molecule has 7 nitrogen and oxygen atoms in total. The van der Waals surface area contributed by atoms with Gasteiger partial charge in [-0.15, -0.1) is 0 Å². The van der Waals surface area contributed by atoms with Gasteiger partial charge in [0.2, 0.25) is 5.88 Å². The molecule has 0 radical (unpaired) electrons. The van der Waals surface area contributed by atoms with Gasteiger partial charge in [0, 0.05) is 6.07 Å². The van der Waals surface area contributed by atoms with Crippen LogP contribution in [-0.4, -0.2) is 36.1 Å². The Morgan fingerprint density at radius 2 is 1.83 bits per heavy atom. The summed E-state index contributed by atoms with van der Waals surface area (Å²) in [5.41, 5.74) is 0.955. The van der Waals surface area contributed by atoms with Gasteiger partial charge in [-0.05, 0) is 24.6 Å². The molecule has 0 aliphatic heterocycles. The summed E-state index contributed by atoms with van der Waals surface area (Å²) in [7, 11) is -0.334. The van der Waals surface area contributed by atoms with Crippen LogP contribution in [0.3, 0.4) is 0 Å². The third kappa shape index (κ3) is 5.05. The Kier molecular flexibility index (Phi) is 6.07. The van der Waals surface area contributed by atoms with Crippen molar-refractivity contribution >= 4 is 7.32 Å². The summed E-state index contributed by atoms with van der Waals surface area (Å²) in [4.78, 5) is 4.05. The topological polar surface area (TPSA) is 90.3 Å². The largest absolute Gasteiger partial charge is 0.707 e. The van der Waals surface area contributed by atoms with E-state index in [0.29, 0.717) is 24.8 Å². The van der Waals surface area contributed by atoms with Gasteiger partial charge in [-0.2, -0.15) is 0 Å². The van der Waals surface area contributed by atoms with E-state index < -0.39 is 7.32 Å². The van der Waals surface area contributed by atoms with Crippen molar-refractivity contribution in [1.82, 2.24) is 4.98 Å². The Morgan fingerprint density at radius 3 is 2.43 bits per heavy atom. The van der Waals surface area contributed by atoms with Gasteiger partial charge in [0.05, 0.1) is 19.9 Å². The number of ether oxygens (including phenoxy) is 3. The molecular weight excluding hydrogens is 301 g/mol. The molecule has 122 valence electrons. The lowest BCUT2D eigenvalue weighted by Gasteiger charge is -2.13. The quantitative estimate of drug-likeness (QED) is 0.711. The number of hydrogen-bond acceptors (Lipinski definition) is 7. The average Bonchev–Trinajstić information content (AvgIpc) is 2.55. The van der Waals surface area contributed by atoms with E-state index in [0.717, 1.165) is 11.3 Å². The lowest BCUT2D eigenvalue weighted by Crippen LogP contribution is -2.21. The van der Waals surface area contributed by atoms with E-state index in [4.69, 9.17) is 28.9 Å². The van der Waals surface area contributed by atoms with E-state index in [1.165, 1.54) is 12.3 Å². The summed E-state index contributed by atoms with van der Waals surface area (Å²) in [6.07, 6.45) is 1.31. The van der Waals surface area contributed by atoms with Crippen LogP contribution < -0.4 is 18.9 Å². The van der Waals surface area contributed by atoms with Gasteiger partial charge in [-0.1, -0.05) is 12.1 Å². The normalized spacial score (nSPS) is 10.1. The standard InChI is InChI=1S/C15H18BNO6/c1-3-21-13-8-15(17-9-14(13)23-16(18)19)22-10-11-4-6-12(20-2)7-5-11/h4-9,18-19H,3,10H2,1-2H3. The number of rotatable bonds is 8. The number of pyridine rings is 1. The summed E-state index contributed by atoms with van der Waals surface area (Å²) in [5, 5.41) is 17.7. The predicted molar refractivity (Wildman–Crippen MR) is 83.6 cm³/mol. The van der Waals surface area contributed by atoms with Crippen LogP contribution in [0.4, 0.5) is 0 Å². The molecule has 0 spiro atoms. The molecule has 2 aromatic rings. The van der Waals surface area contributed by atoms with E-state index in [9.17, 15) is 0 Å². The van der Waals surface area contributed by atoms with Gasteiger partial charge in [0.25, 0.3) is 0 Å². The second-order valence-electron chi connectivity index (χ2n) is 4.48. The highest BCUT2D eigenvalue weighted by atomic mass is 16.6. The maximum atomic E-state index is 8.87. The number of hydrogen-bond donors (Lipinski definition) is 2. The highest BCUT2D eigenvalue weighted by Gasteiger charge is 2.16. The molecule has 0 fully saturated rings. The molecule has 0 amide bonds. The number of nitrogens with zero attached hydrogens (tertiary/aromatic N) is 1. The van der Waals surface area contributed by atoms with Crippen LogP contribution in [0.15, 0.2) is 36.5 Å². The second kappa shape index (κ2) is 8.26. The van der Waals surface area contributed by atoms with Gasteiger partial charge in [-0.3, -0.25) is 0 Å². The summed E-state index contributed by atoms with van der Waals surface area (Å²) < 4.78 is 20.9. The van der Waals surface area contributed by atoms with Crippen LogP contribution in [0.1, 0.15) is 12.5 Å². The van der Waals surface area contributed by atoms with Gasteiger partial charge in [0.15, 0.2) is 11.5 Å². The Bertz CT molecular complexity index is 620. The zero-order chi connectivity index (χ0) is 16.7. The molecule has 2 rings (SSSR count). The number of aromatic nitrogens is 1. The van der Waals surface area contributed by atoms with Crippen molar-refractivity contribution in [3.8, 4) is 23.1 Å². The molecule has 1 aromatic heterocycles. The van der Waals surface area contributed by atoms with Crippen molar-refractivity contribution in [3.63, 3.8) is 0 Å². The number of methoxy groups -OCH3 is 1. The summed E-state index contributed by atoms with van der Waals surface area (Å²) in [6.45, 7) is 2.52. The Morgan fingerprint density at radius 1 is 1.09 bits per heavy atom. The van der Waals surface area contributed by atoms with Crippen molar-refractivity contribution < 1.29 is 28.9 Å². The van der Waals surface area contributed by atoms with Crippen LogP contribution in [-0.2, 0) is 6.61 Å². The maximum absolute atomic E-state index is 8.87. The van der Waals surface area contributed by atoms with Crippen molar-refractivity contribution in [2.75, 3.05) is 13.7 Å². The molecule has 0 saturated carbocycles. The molecule has 0 saturated heterocycles. The molecule has 0 aliphatic rings. The smallest absolute Gasteiger partial charge is 0.508 e. The van der Waals surface area contributed by atoms with Gasteiger partial charge in [0.1, 0.15) is 12.4 Å². The molecule has 1 heterocycles. The second-order valence-corrected chi connectivity index (χ2v) is 4.48. The third-order valence-electron chi connectivity index (χ3n) is 2.88. The maximum Gasteiger partial charge on any atom is 0.707 e. The molecule has 8 heteroatoms. The fourth-order valence-electron chi connectivity index (χ4n) is 1.83. The minimum absolute atomic E-state index is 0.124. The van der Waals surface area contributed by atoms with Gasteiger partial charge >= 0.3 is 7.32 Å². The Hall–Kier alpha value is -2.45. The first-order chi connectivity index (χ1) is 11.1. The monoisotopic (exact) mass is 319 g/mol. The van der Waals surface area contributed by atoms with Crippen LogP contribution in [0.25, 0.3) is 0 Å². The SMILES string of the molecule is CCOc1cc(OCc2ccc(OC)cc2)ncc1OB(O)O. The minimum Gasteiger partial charge on any atom is -0.508 e. The van der Waals surface area contributed by atoms with Crippen molar-refractivity contribution in [3.05, 3.63) is 42.1 Å². The highest BCUT2D eigenvalue weighted by Crippen LogP contribution is 2.30. The van der Waals surface area contributed by atoms with Crippen molar-refractivity contribution in [1.29, 1.82) is 0 Å². The summed E-state index contributed by atoms with van der Waals surface area (Å²) in [5.74, 6) is 1.55. The van der Waals surface area contributed by atoms with Crippen molar-refractivity contribution in [2.45, 2.75) is 13.5 Å². The molecule has 23 heavy (non-hydrogen) atoms.